The third kappa shape index (κ3) is 3.99. The van der Waals surface area contributed by atoms with Gasteiger partial charge in [-0.25, -0.2) is 4.79 Å². The van der Waals surface area contributed by atoms with Gasteiger partial charge in [-0.1, -0.05) is 0 Å². The first-order chi connectivity index (χ1) is 13.8. The van der Waals surface area contributed by atoms with Gasteiger partial charge in [-0.2, -0.15) is 5.10 Å². The second-order valence-corrected chi connectivity index (χ2v) is 9.67. The smallest absolute Gasteiger partial charge is 0.444 e. The van der Waals surface area contributed by atoms with Crippen LogP contribution in [0.1, 0.15) is 50.4 Å². The Morgan fingerprint density at radius 3 is 2.43 bits per heavy atom. The Hall–Kier alpha value is -2.30. The zero-order chi connectivity index (χ0) is 21.9. The van der Waals surface area contributed by atoms with Gasteiger partial charge in [0.1, 0.15) is 5.60 Å². The van der Waals surface area contributed by atoms with E-state index in [-0.39, 0.29) is 36.0 Å². The zero-order valence-electron chi connectivity index (χ0n) is 17.1. The quantitative estimate of drug-likeness (QED) is 0.776. The highest BCUT2D eigenvalue weighted by atomic mass is 19.4. The molecule has 5 rings (SSSR count). The topological polar surface area (TPSA) is 85.7 Å². The van der Waals surface area contributed by atoms with Crippen LogP contribution in [0.15, 0.2) is 12.4 Å². The van der Waals surface area contributed by atoms with Crippen LogP contribution in [0.3, 0.4) is 0 Å². The summed E-state index contributed by atoms with van der Waals surface area (Å²) in [4.78, 5) is 26.0. The van der Waals surface area contributed by atoms with Crippen molar-refractivity contribution in [3.8, 4) is 0 Å². The standard InChI is InChI=1S/C19H25F3N4O4/c1-16(2,3)30-15(28)24-17-9-18(10-17,11-17)26-7-13(4-23-26)14(27)25-5-12(6-25)8-29-19(20,21)22/h4,7,12H,5-6,8-11H2,1-3H3,(H,24,28). The van der Waals surface area contributed by atoms with E-state index in [2.05, 4.69) is 15.2 Å². The highest BCUT2D eigenvalue weighted by molar-refractivity contribution is 5.94. The summed E-state index contributed by atoms with van der Waals surface area (Å²) in [5, 5.41) is 7.25. The summed E-state index contributed by atoms with van der Waals surface area (Å²) in [6.45, 7) is 5.44. The van der Waals surface area contributed by atoms with Crippen LogP contribution in [0, 0.1) is 5.92 Å². The van der Waals surface area contributed by atoms with E-state index < -0.39 is 24.7 Å². The molecule has 3 aliphatic carbocycles. The van der Waals surface area contributed by atoms with Crippen LogP contribution < -0.4 is 5.32 Å². The Morgan fingerprint density at radius 1 is 1.23 bits per heavy atom. The number of carbonyl (C=O) groups excluding carboxylic acids is 2. The molecule has 0 radical (unpaired) electrons. The average Bonchev–Trinajstić information content (AvgIpc) is 2.94. The molecule has 0 spiro atoms. The largest absolute Gasteiger partial charge is 0.522 e. The van der Waals surface area contributed by atoms with Gasteiger partial charge in [-0.3, -0.25) is 14.2 Å². The summed E-state index contributed by atoms with van der Waals surface area (Å²) in [6, 6.07) is 0. The van der Waals surface area contributed by atoms with Crippen LogP contribution in [0.2, 0.25) is 0 Å². The molecule has 4 aliphatic rings. The summed E-state index contributed by atoms with van der Waals surface area (Å²) >= 11 is 0. The molecule has 30 heavy (non-hydrogen) atoms. The minimum absolute atomic E-state index is 0.203. The Bertz CT molecular complexity index is 835. The van der Waals surface area contributed by atoms with E-state index in [0.717, 1.165) is 19.3 Å². The van der Waals surface area contributed by atoms with Crippen LogP contribution in [0.4, 0.5) is 18.0 Å². The van der Waals surface area contributed by atoms with Gasteiger partial charge in [0.25, 0.3) is 5.91 Å². The normalized spacial score (nSPS) is 28.3. The Morgan fingerprint density at radius 2 is 1.87 bits per heavy atom. The molecule has 1 N–H and O–H groups in total. The third-order valence-corrected chi connectivity index (χ3v) is 5.81. The molecule has 1 aromatic heterocycles. The number of halogens is 3. The van der Waals surface area contributed by atoms with Gasteiger partial charge in [0.15, 0.2) is 0 Å². The number of hydrogen-bond donors (Lipinski definition) is 1. The minimum atomic E-state index is -4.65. The first-order valence-corrected chi connectivity index (χ1v) is 9.85. The van der Waals surface area contributed by atoms with E-state index in [1.165, 1.54) is 11.1 Å². The summed E-state index contributed by atoms with van der Waals surface area (Å²) in [5.41, 5.74) is -0.631. The maximum Gasteiger partial charge on any atom is 0.522 e. The number of ether oxygens (including phenoxy) is 2. The van der Waals surface area contributed by atoms with Gasteiger partial charge in [0.05, 0.1) is 29.4 Å². The lowest BCUT2D eigenvalue weighted by molar-refractivity contribution is -0.330. The van der Waals surface area contributed by atoms with Crippen molar-refractivity contribution in [3.05, 3.63) is 18.0 Å². The van der Waals surface area contributed by atoms with E-state index >= 15 is 0 Å². The predicted octanol–water partition coefficient (Wildman–Crippen LogP) is 2.65. The monoisotopic (exact) mass is 430 g/mol. The van der Waals surface area contributed by atoms with Crippen LogP contribution in [-0.4, -0.2) is 63.9 Å². The molecule has 2 amide bonds. The molecule has 8 nitrogen and oxygen atoms in total. The van der Waals surface area contributed by atoms with Crippen molar-refractivity contribution in [1.82, 2.24) is 20.0 Å². The average molecular weight is 430 g/mol. The molecule has 2 bridgehead atoms. The number of rotatable bonds is 5. The third-order valence-electron chi connectivity index (χ3n) is 5.81. The van der Waals surface area contributed by atoms with Crippen molar-refractivity contribution in [1.29, 1.82) is 0 Å². The minimum Gasteiger partial charge on any atom is -0.444 e. The molecule has 1 saturated heterocycles. The lowest BCUT2D eigenvalue weighted by Crippen LogP contribution is -2.79. The Balaban J connectivity index is 1.26. The van der Waals surface area contributed by atoms with Crippen molar-refractivity contribution in [3.63, 3.8) is 0 Å². The van der Waals surface area contributed by atoms with Crippen LogP contribution >= 0.6 is 0 Å². The molecule has 0 unspecified atom stereocenters. The highest BCUT2D eigenvalue weighted by Crippen LogP contribution is 2.65. The van der Waals surface area contributed by atoms with Crippen molar-refractivity contribution in [2.75, 3.05) is 19.7 Å². The van der Waals surface area contributed by atoms with E-state index in [1.807, 2.05) is 20.8 Å². The Kier molecular flexibility index (Phi) is 4.61. The molecular weight excluding hydrogens is 405 g/mol. The second kappa shape index (κ2) is 6.60. The predicted molar refractivity (Wildman–Crippen MR) is 97.6 cm³/mol. The van der Waals surface area contributed by atoms with Gasteiger partial charge in [0.2, 0.25) is 0 Å². The zero-order valence-corrected chi connectivity index (χ0v) is 17.1. The number of amides is 2. The van der Waals surface area contributed by atoms with Gasteiger partial charge < -0.3 is 15.0 Å². The number of nitrogens with one attached hydrogen (secondary N) is 1. The van der Waals surface area contributed by atoms with Crippen LogP contribution in [-0.2, 0) is 15.0 Å². The van der Waals surface area contributed by atoms with Crippen molar-refractivity contribution < 1.29 is 32.2 Å². The SMILES string of the molecule is CC(C)(C)OC(=O)NC12CC(n3cc(C(=O)N4CC(COC(F)(F)F)C4)cn3)(C1)C2. The van der Waals surface area contributed by atoms with Gasteiger partial charge in [-0.05, 0) is 40.0 Å². The lowest BCUT2D eigenvalue weighted by atomic mass is 9.44. The summed E-state index contributed by atoms with van der Waals surface area (Å²) in [5.74, 6) is -0.570. The van der Waals surface area contributed by atoms with Gasteiger partial charge >= 0.3 is 12.5 Å². The molecule has 0 aromatic carbocycles. The molecule has 1 aromatic rings. The van der Waals surface area contributed by atoms with Crippen molar-refractivity contribution in [2.24, 2.45) is 5.92 Å². The van der Waals surface area contributed by atoms with Crippen LogP contribution in [0.5, 0.6) is 0 Å². The van der Waals surface area contributed by atoms with E-state index in [4.69, 9.17) is 4.74 Å². The number of likely N-dealkylation sites (tertiary alicyclic amines) is 1. The molecule has 11 heteroatoms. The number of alkyl carbamates (subject to hydrolysis) is 1. The molecule has 166 valence electrons. The fourth-order valence-electron chi connectivity index (χ4n) is 4.56. The first-order valence-electron chi connectivity index (χ1n) is 9.85. The Labute approximate surface area is 171 Å². The number of hydrogen-bond acceptors (Lipinski definition) is 5. The molecule has 1 aliphatic heterocycles. The second-order valence-electron chi connectivity index (χ2n) is 9.67. The molecule has 2 heterocycles. The fourth-order valence-corrected chi connectivity index (χ4v) is 4.56. The number of carbonyl (C=O) groups is 2. The van der Waals surface area contributed by atoms with Crippen LogP contribution in [0.25, 0.3) is 0 Å². The fraction of sp³-hybridized carbons (Fsp3) is 0.737. The molecule has 0 atom stereocenters. The lowest BCUT2D eigenvalue weighted by Gasteiger charge is -2.69. The summed E-state index contributed by atoms with van der Waals surface area (Å²) in [6.07, 6.45) is 0.229. The summed E-state index contributed by atoms with van der Waals surface area (Å²) < 4.78 is 47.1. The molecule has 3 saturated carbocycles. The number of alkyl halides is 3. The number of aromatic nitrogens is 2. The van der Waals surface area contributed by atoms with E-state index in [9.17, 15) is 22.8 Å². The maximum absolute atomic E-state index is 12.5. The van der Waals surface area contributed by atoms with Crippen molar-refractivity contribution >= 4 is 12.0 Å². The highest BCUT2D eigenvalue weighted by Gasteiger charge is 2.70. The number of nitrogens with zero attached hydrogens (tertiary/aromatic N) is 3. The maximum atomic E-state index is 12.5. The van der Waals surface area contributed by atoms with E-state index in [0.29, 0.717) is 5.56 Å². The van der Waals surface area contributed by atoms with Gasteiger partial charge in [0, 0.05) is 25.2 Å². The molecular formula is C19H25F3N4O4. The first kappa shape index (κ1) is 21.0. The van der Waals surface area contributed by atoms with Gasteiger partial charge in [-0.15, -0.1) is 13.2 Å². The van der Waals surface area contributed by atoms with Crippen molar-refractivity contribution in [2.45, 2.75) is 63.1 Å². The van der Waals surface area contributed by atoms with E-state index in [1.54, 1.807) is 10.9 Å². The molecule has 4 fully saturated rings. The summed E-state index contributed by atoms with van der Waals surface area (Å²) in [7, 11) is 0.